The first-order chi connectivity index (χ1) is 12.9. The molecule has 8 atom stereocenters. The van der Waals surface area contributed by atoms with E-state index in [4.69, 9.17) is 14.2 Å². The van der Waals surface area contributed by atoms with Crippen molar-refractivity contribution < 1.29 is 33.7 Å². The van der Waals surface area contributed by atoms with Gasteiger partial charge in [0, 0.05) is 42.4 Å². The van der Waals surface area contributed by atoms with Gasteiger partial charge < -0.3 is 19.3 Å². The molecule has 28 heavy (non-hydrogen) atoms. The Bertz CT molecular complexity index is 760. The van der Waals surface area contributed by atoms with Gasteiger partial charge in [-0.3, -0.25) is 14.4 Å². The fraction of sp³-hybridized carbons (Fsp3) is 0.857. The van der Waals surface area contributed by atoms with Crippen molar-refractivity contribution in [1.82, 2.24) is 0 Å². The number of carbonyl (C=O) groups excluding carboxylic acids is 3. The van der Waals surface area contributed by atoms with Crippen LogP contribution >= 0.6 is 0 Å². The van der Waals surface area contributed by atoms with E-state index in [2.05, 4.69) is 6.92 Å². The maximum atomic E-state index is 12.0. The highest BCUT2D eigenvalue weighted by molar-refractivity contribution is 5.68. The zero-order valence-corrected chi connectivity index (χ0v) is 17.4. The van der Waals surface area contributed by atoms with Gasteiger partial charge >= 0.3 is 17.9 Å². The summed E-state index contributed by atoms with van der Waals surface area (Å²) in [6.45, 7) is 10.4. The lowest BCUT2D eigenvalue weighted by Crippen LogP contribution is -2.67. The van der Waals surface area contributed by atoms with Crippen LogP contribution < -0.4 is 0 Å². The molecule has 5 aliphatic rings. The van der Waals surface area contributed by atoms with E-state index in [1.54, 1.807) is 0 Å². The molecule has 5 aliphatic carbocycles. The third-order valence-corrected chi connectivity index (χ3v) is 8.69. The van der Waals surface area contributed by atoms with Crippen molar-refractivity contribution in [2.24, 2.45) is 33.5 Å². The average Bonchev–Trinajstić information content (AvgIpc) is 2.80. The van der Waals surface area contributed by atoms with Crippen molar-refractivity contribution >= 4 is 17.9 Å². The van der Waals surface area contributed by atoms with Crippen LogP contribution in [0.2, 0.25) is 0 Å². The molecule has 7 nitrogen and oxygen atoms in total. The first-order valence-corrected chi connectivity index (χ1v) is 10.0. The Kier molecular flexibility index (Phi) is 3.86. The molecule has 1 spiro atoms. The highest BCUT2D eigenvalue weighted by atomic mass is 16.6. The molecular formula is C21H30O7. The molecule has 5 saturated carbocycles. The van der Waals surface area contributed by atoms with Gasteiger partial charge in [0.2, 0.25) is 0 Å². The van der Waals surface area contributed by atoms with Crippen LogP contribution in [0.3, 0.4) is 0 Å². The van der Waals surface area contributed by atoms with E-state index < -0.39 is 34.4 Å². The van der Waals surface area contributed by atoms with Crippen molar-refractivity contribution in [2.45, 2.75) is 72.7 Å². The van der Waals surface area contributed by atoms with Gasteiger partial charge in [-0.2, -0.15) is 0 Å². The summed E-state index contributed by atoms with van der Waals surface area (Å²) in [7, 11) is 0. The van der Waals surface area contributed by atoms with Crippen LogP contribution in [0.1, 0.15) is 54.4 Å². The maximum Gasteiger partial charge on any atom is 0.303 e. The zero-order chi connectivity index (χ0) is 20.9. The summed E-state index contributed by atoms with van der Waals surface area (Å²) in [6, 6.07) is 0. The summed E-state index contributed by atoms with van der Waals surface area (Å²) in [5, 5.41) is 11.0. The normalized spacial score (nSPS) is 49.2. The topological polar surface area (TPSA) is 99.1 Å². The largest absolute Gasteiger partial charge is 0.465 e. The van der Waals surface area contributed by atoms with E-state index in [0.29, 0.717) is 12.3 Å². The molecule has 0 aromatic carbocycles. The zero-order valence-electron chi connectivity index (χ0n) is 17.4. The highest BCUT2D eigenvalue weighted by Gasteiger charge is 2.97. The van der Waals surface area contributed by atoms with Gasteiger partial charge in [0.1, 0.15) is 12.2 Å². The Morgan fingerprint density at radius 2 is 1.57 bits per heavy atom. The van der Waals surface area contributed by atoms with E-state index in [0.717, 1.165) is 6.42 Å². The number of esters is 3. The minimum atomic E-state index is -0.873. The van der Waals surface area contributed by atoms with Crippen LogP contribution in [0, 0.1) is 33.5 Å². The molecule has 5 rings (SSSR count). The third kappa shape index (κ3) is 1.96. The smallest absolute Gasteiger partial charge is 0.303 e. The second-order valence-corrected chi connectivity index (χ2v) is 10.1. The standard InChI is InChI=1S/C21H30O7/c1-10(22)26-9-20-8-14(25)16(27-11(2)23)18(4,5)21(20)7-13-15(20)19(13,6)17(21)28-12(3)24/h13-17,25H,7-9H2,1-6H3/t13?,14-,15-,16-,17+,19-,20-,21-/m0/s1. The van der Waals surface area contributed by atoms with Crippen molar-refractivity contribution in [2.75, 3.05) is 6.61 Å². The predicted octanol–water partition coefficient (Wildman–Crippen LogP) is 1.85. The van der Waals surface area contributed by atoms with E-state index >= 15 is 0 Å². The third-order valence-electron chi connectivity index (χ3n) is 8.69. The first kappa shape index (κ1) is 19.7. The summed E-state index contributed by atoms with van der Waals surface area (Å²) >= 11 is 0. The molecule has 0 radical (unpaired) electrons. The first-order valence-electron chi connectivity index (χ1n) is 10.0. The summed E-state index contributed by atoms with van der Waals surface area (Å²) in [4.78, 5) is 35.4. The minimum absolute atomic E-state index is 0.185. The Labute approximate surface area is 165 Å². The van der Waals surface area contributed by atoms with Crippen LogP contribution in [0.5, 0.6) is 0 Å². The molecule has 0 aliphatic heterocycles. The summed E-state index contributed by atoms with van der Waals surface area (Å²) in [5.74, 6) is -0.609. The number of hydrogen-bond acceptors (Lipinski definition) is 7. The molecule has 0 aromatic heterocycles. The highest BCUT2D eigenvalue weighted by Crippen LogP contribution is 2.95. The second-order valence-electron chi connectivity index (χ2n) is 10.1. The van der Waals surface area contributed by atoms with Crippen LogP contribution in [0.4, 0.5) is 0 Å². The molecule has 0 amide bonds. The Morgan fingerprint density at radius 1 is 0.964 bits per heavy atom. The summed E-state index contributed by atoms with van der Waals surface area (Å²) < 4.78 is 17.1. The fourth-order valence-electron chi connectivity index (χ4n) is 8.10. The van der Waals surface area contributed by atoms with Gasteiger partial charge in [0.25, 0.3) is 0 Å². The maximum absolute atomic E-state index is 12.0. The fourth-order valence-corrected chi connectivity index (χ4v) is 8.10. The number of aliphatic hydroxyl groups is 1. The van der Waals surface area contributed by atoms with E-state index in [1.807, 2.05) is 13.8 Å². The van der Waals surface area contributed by atoms with Crippen LogP contribution in [0.25, 0.3) is 0 Å². The quantitative estimate of drug-likeness (QED) is 0.574. The van der Waals surface area contributed by atoms with Crippen LogP contribution in [-0.2, 0) is 28.6 Å². The SMILES string of the molecule is CC(=O)OC[C@]12C[C@H](O)[C@H](OC(C)=O)C(C)(C)[C@@]13CC1[C@H]2[C@@]1(C)[C@H]3OC(C)=O. The number of rotatable bonds is 4. The molecule has 7 heteroatoms. The lowest BCUT2D eigenvalue weighted by molar-refractivity contribution is -0.248. The molecule has 5 fully saturated rings. The molecule has 0 heterocycles. The Balaban J connectivity index is 1.86. The van der Waals surface area contributed by atoms with Crippen molar-refractivity contribution in [3.63, 3.8) is 0 Å². The second kappa shape index (κ2) is 5.49. The molecule has 0 saturated heterocycles. The van der Waals surface area contributed by atoms with Crippen LogP contribution in [0.15, 0.2) is 0 Å². The molecular weight excluding hydrogens is 364 g/mol. The van der Waals surface area contributed by atoms with Crippen molar-refractivity contribution in [3.8, 4) is 0 Å². The van der Waals surface area contributed by atoms with Gasteiger partial charge in [-0.05, 0) is 24.7 Å². The van der Waals surface area contributed by atoms with Crippen molar-refractivity contribution in [1.29, 1.82) is 0 Å². The molecule has 1 N–H and O–H groups in total. The number of carbonyl (C=O) groups is 3. The Hall–Kier alpha value is -1.63. The summed E-state index contributed by atoms with van der Waals surface area (Å²) in [6.07, 6.45) is -0.777. The monoisotopic (exact) mass is 394 g/mol. The van der Waals surface area contributed by atoms with Gasteiger partial charge in [-0.1, -0.05) is 20.8 Å². The average molecular weight is 394 g/mol. The molecule has 1 unspecified atom stereocenters. The minimum Gasteiger partial charge on any atom is -0.465 e. The predicted molar refractivity (Wildman–Crippen MR) is 96.7 cm³/mol. The number of aliphatic hydroxyl groups excluding tert-OH is 1. The van der Waals surface area contributed by atoms with Gasteiger partial charge in [-0.25, -0.2) is 0 Å². The van der Waals surface area contributed by atoms with Crippen LogP contribution in [-0.4, -0.2) is 47.9 Å². The van der Waals surface area contributed by atoms with Gasteiger partial charge in [-0.15, -0.1) is 0 Å². The Morgan fingerprint density at radius 3 is 2.11 bits per heavy atom. The van der Waals surface area contributed by atoms with Crippen molar-refractivity contribution in [3.05, 3.63) is 0 Å². The van der Waals surface area contributed by atoms with E-state index in [1.165, 1.54) is 20.8 Å². The molecule has 0 aromatic rings. The lowest BCUT2D eigenvalue weighted by Gasteiger charge is -2.61. The summed E-state index contributed by atoms with van der Waals surface area (Å²) in [5.41, 5.74) is -1.91. The van der Waals surface area contributed by atoms with Gasteiger partial charge in [0.15, 0.2) is 0 Å². The van der Waals surface area contributed by atoms with E-state index in [-0.39, 0.29) is 36.0 Å². The molecule has 156 valence electrons. The lowest BCUT2D eigenvalue weighted by atomic mass is 9.46. The van der Waals surface area contributed by atoms with Gasteiger partial charge in [0.05, 0.1) is 12.7 Å². The van der Waals surface area contributed by atoms with E-state index in [9.17, 15) is 19.5 Å². The number of hydrogen-bond donors (Lipinski definition) is 1. The number of ether oxygens (including phenoxy) is 3. The molecule has 4 bridgehead atoms.